The number of primary sulfonamides is 1. The molecule has 0 fully saturated rings. The van der Waals surface area contributed by atoms with E-state index < -0.39 is 26.6 Å². The van der Waals surface area contributed by atoms with Gasteiger partial charge in [0.05, 0.1) is 6.04 Å². The summed E-state index contributed by atoms with van der Waals surface area (Å²) in [5.41, 5.74) is 1.18. The Morgan fingerprint density at radius 2 is 2.00 bits per heavy atom. The van der Waals surface area contributed by atoms with E-state index in [0.717, 1.165) is 34.8 Å². The predicted molar refractivity (Wildman–Crippen MR) is 91.5 cm³/mol. The molecule has 0 bridgehead atoms. The summed E-state index contributed by atoms with van der Waals surface area (Å²) in [6.45, 7) is 0. The number of hydrogen-bond acceptors (Lipinski definition) is 5. The number of carbonyl (C=O) groups is 1. The van der Waals surface area contributed by atoms with Crippen molar-refractivity contribution in [2.45, 2.75) is 22.3 Å². The Hall–Kier alpha value is -2.03. The van der Waals surface area contributed by atoms with Gasteiger partial charge in [0.15, 0.2) is 0 Å². The first-order chi connectivity index (χ1) is 11.4. The van der Waals surface area contributed by atoms with Gasteiger partial charge in [0.1, 0.15) is 10.6 Å². The van der Waals surface area contributed by atoms with E-state index in [1.165, 1.54) is 6.07 Å². The summed E-state index contributed by atoms with van der Waals surface area (Å²) in [6, 6.07) is 11.3. The Kier molecular flexibility index (Phi) is 4.53. The second-order valence-electron chi connectivity index (χ2n) is 5.43. The third kappa shape index (κ3) is 3.40. The smallest absolute Gasteiger partial charge is 0.251 e. The highest BCUT2D eigenvalue weighted by atomic mass is 32.2. The maximum Gasteiger partial charge on any atom is 0.251 e. The molecule has 2 aromatic carbocycles. The van der Waals surface area contributed by atoms with Crippen molar-refractivity contribution in [3.8, 4) is 5.75 Å². The van der Waals surface area contributed by atoms with Crippen LogP contribution in [0, 0.1) is 0 Å². The van der Waals surface area contributed by atoms with Gasteiger partial charge >= 0.3 is 0 Å². The van der Waals surface area contributed by atoms with Crippen molar-refractivity contribution in [3.05, 3.63) is 53.6 Å². The third-order valence-electron chi connectivity index (χ3n) is 3.79. The summed E-state index contributed by atoms with van der Waals surface area (Å²) in [5.74, 6) is 0.0000276. The highest BCUT2D eigenvalue weighted by molar-refractivity contribution is 7.99. The van der Waals surface area contributed by atoms with Crippen molar-refractivity contribution in [1.29, 1.82) is 0 Å². The standard InChI is InChI=1S/C16H16N2O4S2/c17-24(21,22)15-9-10(5-6-13(15)19)16(20)18-12-7-8-23-14-4-2-1-3-11(12)14/h1-6,9,12,19H,7-8H2,(H,18,20)(H2,17,21,22). The number of carbonyl (C=O) groups excluding carboxylic acids is 1. The highest BCUT2D eigenvalue weighted by Gasteiger charge is 2.23. The van der Waals surface area contributed by atoms with Crippen molar-refractivity contribution in [3.63, 3.8) is 0 Å². The van der Waals surface area contributed by atoms with E-state index in [4.69, 9.17) is 5.14 Å². The maximum atomic E-state index is 12.5. The average molecular weight is 364 g/mol. The second kappa shape index (κ2) is 6.46. The van der Waals surface area contributed by atoms with Crippen LogP contribution in [0.1, 0.15) is 28.4 Å². The van der Waals surface area contributed by atoms with E-state index in [0.29, 0.717) is 0 Å². The Morgan fingerprint density at radius 3 is 2.75 bits per heavy atom. The van der Waals surface area contributed by atoms with E-state index in [1.54, 1.807) is 11.8 Å². The minimum atomic E-state index is -4.10. The number of hydrogen-bond donors (Lipinski definition) is 3. The van der Waals surface area contributed by atoms with Gasteiger partial charge in [-0.3, -0.25) is 4.79 Å². The van der Waals surface area contributed by atoms with Crippen LogP contribution in [0.3, 0.4) is 0 Å². The van der Waals surface area contributed by atoms with E-state index in [9.17, 15) is 18.3 Å². The van der Waals surface area contributed by atoms with Gasteiger partial charge in [0.2, 0.25) is 10.0 Å². The Balaban J connectivity index is 1.87. The molecule has 1 heterocycles. The maximum absolute atomic E-state index is 12.5. The summed E-state index contributed by atoms with van der Waals surface area (Å²) in [4.78, 5) is 13.1. The van der Waals surface area contributed by atoms with Crippen molar-refractivity contribution >= 4 is 27.7 Å². The lowest BCUT2D eigenvalue weighted by Crippen LogP contribution is -2.30. The fourth-order valence-corrected chi connectivity index (χ4v) is 4.39. The largest absolute Gasteiger partial charge is 0.507 e. The SMILES string of the molecule is NS(=O)(=O)c1cc(C(=O)NC2CCSc3ccccc32)ccc1O. The predicted octanol–water partition coefficient (Wildman–Crippen LogP) is 2.01. The molecule has 6 nitrogen and oxygen atoms in total. The van der Waals surface area contributed by atoms with E-state index >= 15 is 0 Å². The number of rotatable bonds is 3. The quantitative estimate of drug-likeness (QED) is 0.772. The molecule has 1 amide bonds. The van der Waals surface area contributed by atoms with E-state index in [1.807, 2.05) is 24.3 Å². The number of nitrogens with one attached hydrogen (secondary N) is 1. The molecule has 0 aromatic heterocycles. The van der Waals surface area contributed by atoms with Gasteiger partial charge < -0.3 is 10.4 Å². The molecule has 0 spiro atoms. The Labute approximate surface area is 144 Å². The van der Waals surface area contributed by atoms with Crippen LogP contribution in [-0.4, -0.2) is 25.2 Å². The molecular formula is C16H16N2O4S2. The molecule has 24 heavy (non-hydrogen) atoms. The van der Waals surface area contributed by atoms with Gasteiger partial charge in [-0.2, -0.15) is 0 Å². The average Bonchev–Trinajstić information content (AvgIpc) is 2.54. The van der Waals surface area contributed by atoms with Crippen LogP contribution in [0.4, 0.5) is 0 Å². The van der Waals surface area contributed by atoms with Crippen molar-refractivity contribution in [1.82, 2.24) is 5.32 Å². The van der Waals surface area contributed by atoms with Crippen LogP contribution >= 0.6 is 11.8 Å². The molecule has 1 unspecified atom stereocenters. The molecule has 4 N–H and O–H groups in total. The number of fused-ring (bicyclic) bond motifs is 1. The van der Waals surface area contributed by atoms with Gasteiger partial charge in [-0.1, -0.05) is 18.2 Å². The first-order valence-electron chi connectivity index (χ1n) is 7.24. The molecule has 1 aliphatic rings. The minimum Gasteiger partial charge on any atom is -0.507 e. The molecule has 1 atom stereocenters. The van der Waals surface area contributed by atoms with Gasteiger partial charge in [0.25, 0.3) is 5.91 Å². The Morgan fingerprint density at radius 1 is 1.25 bits per heavy atom. The molecule has 1 aliphatic heterocycles. The van der Waals surface area contributed by atoms with Crippen molar-refractivity contribution in [2.75, 3.05) is 5.75 Å². The Bertz CT molecular complexity index is 897. The molecule has 0 saturated heterocycles. The molecule has 0 radical (unpaired) electrons. The van der Waals surface area contributed by atoms with Crippen LogP contribution in [0.2, 0.25) is 0 Å². The lowest BCUT2D eigenvalue weighted by molar-refractivity contribution is 0.0934. The molecule has 2 aromatic rings. The summed E-state index contributed by atoms with van der Waals surface area (Å²) in [7, 11) is -4.10. The van der Waals surface area contributed by atoms with E-state index in [2.05, 4.69) is 5.32 Å². The number of sulfonamides is 1. The van der Waals surface area contributed by atoms with Crippen molar-refractivity contribution < 1.29 is 18.3 Å². The summed E-state index contributed by atoms with van der Waals surface area (Å²) in [5, 5.41) is 17.6. The van der Waals surface area contributed by atoms with Crippen LogP contribution in [0.5, 0.6) is 5.75 Å². The number of phenolic OH excluding ortho intramolecular Hbond substituents is 1. The minimum absolute atomic E-state index is 0.132. The third-order valence-corrected chi connectivity index (χ3v) is 5.86. The number of phenols is 1. The van der Waals surface area contributed by atoms with Gasteiger partial charge in [-0.15, -0.1) is 11.8 Å². The van der Waals surface area contributed by atoms with Gasteiger partial charge in [0, 0.05) is 16.2 Å². The van der Waals surface area contributed by atoms with Crippen LogP contribution < -0.4 is 10.5 Å². The van der Waals surface area contributed by atoms with Crippen LogP contribution in [0.15, 0.2) is 52.3 Å². The van der Waals surface area contributed by atoms with Gasteiger partial charge in [-0.05, 0) is 36.2 Å². The summed E-state index contributed by atoms with van der Waals surface area (Å²) < 4.78 is 22.9. The zero-order valence-corrected chi connectivity index (χ0v) is 14.2. The molecular weight excluding hydrogens is 348 g/mol. The highest BCUT2D eigenvalue weighted by Crippen LogP contribution is 2.36. The summed E-state index contributed by atoms with van der Waals surface area (Å²) >= 11 is 1.74. The normalized spacial score (nSPS) is 17.1. The number of nitrogens with two attached hydrogens (primary N) is 1. The second-order valence-corrected chi connectivity index (χ2v) is 8.10. The molecule has 126 valence electrons. The first-order valence-corrected chi connectivity index (χ1v) is 9.78. The summed E-state index contributed by atoms with van der Waals surface area (Å²) in [6.07, 6.45) is 0.785. The number of benzene rings is 2. The zero-order chi connectivity index (χ0) is 17.3. The first kappa shape index (κ1) is 16.8. The molecule has 0 aliphatic carbocycles. The lowest BCUT2D eigenvalue weighted by atomic mass is 10.0. The number of thioether (sulfide) groups is 1. The molecule has 8 heteroatoms. The number of aromatic hydroxyl groups is 1. The zero-order valence-electron chi connectivity index (χ0n) is 12.6. The van der Waals surface area contributed by atoms with Crippen LogP contribution in [0.25, 0.3) is 0 Å². The number of amides is 1. The fraction of sp³-hybridized carbons (Fsp3) is 0.188. The molecule has 3 rings (SSSR count). The van der Waals surface area contributed by atoms with Crippen molar-refractivity contribution in [2.24, 2.45) is 5.14 Å². The molecule has 0 saturated carbocycles. The lowest BCUT2D eigenvalue weighted by Gasteiger charge is -2.26. The topological polar surface area (TPSA) is 109 Å². The fourth-order valence-electron chi connectivity index (χ4n) is 2.62. The van der Waals surface area contributed by atoms with E-state index in [-0.39, 0.29) is 11.6 Å². The van der Waals surface area contributed by atoms with Crippen LogP contribution in [-0.2, 0) is 10.0 Å². The van der Waals surface area contributed by atoms with Gasteiger partial charge in [-0.25, -0.2) is 13.6 Å². The monoisotopic (exact) mass is 364 g/mol.